The van der Waals surface area contributed by atoms with E-state index < -0.39 is 0 Å². The number of nitrogens with one attached hydrogen (secondary N) is 1. The second-order valence-corrected chi connectivity index (χ2v) is 5.64. The van der Waals surface area contributed by atoms with Crippen LogP contribution in [0.4, 0.5) is 0 Å². The van der Waals surface area contributed by atoms with Crippen molar-refractivity contribution >= 4 is 0 Å². The Balaban J connectivity index is 2.53. The Morgan fingerprint density at radius 2 is 2.11 bits per heavy atom. The van der Waals surface area contributed by atoms with E-state index in [0.29, 0.717) is 18.1 Å². The fourth-order valence-corrected chi connectivity index (χ4v) is 2.87. The predicted octanol–water partition coefficient (Wildman–Crippen LogP) is 3.94. The largest absolute Gasteiger partial charge is 0.490 e. The number of fused-ring (bicyclic) bond motifs is 1. The molecule has 1 N–H and O–H groups in total. The lowest BCUT2D eigenvalue weighted by Crippen LogP contribution is -2.32. The van der Waals surface area contributed by atoms with Crippen molar-refractivity contribution < 1.29 is 4.74 Å². The number of ether oxygens (including phenoxy) is 1. The Morgan fingerprint density at radius 1 is 1.39 bits per heavy atom. The summed E-state index contributed by atoms with van der Waals surface area (Å²) in [6.07, 6.45) is 1.35. The van der Waals surface area contributed by atoms with Gasteiger partial charge in [0.2, 0.25) is 0 Å². The molecule has 0 amide bonds. The maximum atomic E-state index is 6.09. The summed E-state index contributed by atoms with van der Waals surface area (Å²) in [5, 5.41) is 3.61. The highest BCUT2D eigenvalue weighted by Crippen LogP contribution is 2.41. The van der Waals surface area contributed by atoms with E-state index in [1.54, 1.807) is 0 Å². The summed E-state index contributed by atoms with van der Waals surface area (Å²) >= 11 is 0. The monoisotopic (exact) mass is 247 g/mol. The fourth-order valence-electron chi connectivity index (χ4n) is 2.87. The van der Waals surface area contributed by atoms with Gasteiger partial charge < -0.3 is 10.1 Å². The van der Waals surface area contributed by atoms with E-state index in [0.717, 1.165) is 18.7 Å². The van der Waals surface area contributed by atoms with Crippen LogP contribution in [0.3, 0.4) is 0 Å². The van der Waals surface area contributed by atoms with E-state index in [4.69, 9.17) is 4.74 Å². The average molecular weight is 247 g/mol. The standard InChI is InChI=1S/C16H25NO/c1-6-17-14-9-12(5)18-16-11(4)7-8-13(10(2)3)15(14)16/h7-8,10,12,14,17H,6,9H2,1-5H3. The Bertz CT molecular complexity index is 425. The Kier molecular flexibility index (Phi) is 3.96. The van der Waals surface area contributed by atoms with E-state index >= 15 is 0 Å². The quantitative estimate of drug-likeness (QED) is 0.873. The Labute approximate surface area is 111 Å². The third-order valence-electron chi connectivity index (χ3n) is 3.73. The summed E-state index contributed by atoms with van der Waals surface area (Å²) in [7, 11) is 0. The second-order valence-electron chi connectivity index (χ2n) is 5.64. The van der Waals surface area contributed by atoms with Crippen molar-refractivity contribution in [2.75, 3.05) is 6.54 Å². The predicted molar refractivity (Wildman–Crippen MR) is 76.4 cm³/mol. The van der Waals surface area contributed by atoms with Crippen molar-refractivity contribution in [3.63, 3.8) is 0 Å². The van der Waals surface area contributed by atoms with Crippen LogP contribution in [-0.4, -0.2) is 12.6 Å². The molecule has 0 radical (unpaired) electrons. The molecule has 0 aromatic heterocycles. The average Bonchev–Trinajstić information content (AvgIpc) is 2.30. The van der Waals surface area contributed by atoms with Crippen LogP contribution in [0.15, 0.2) is 12.1 Å². The van der Waals surface area contributed by atoms with Crippen molar-refractivity contribution in [1.29, 1.82) is 0 Å². The molecular formula is C16H25NO. The maximum absolute atomic E-state index is 6.09. The molecule has 2 nitrogen and oxygen atoms in total. The first kappa shape index (κ1) is 13.4. The van der Waals surface area contributed by atoms with Gasteiger partial charge in [-0.05, 0) is 37.4 Å². The minimum atomic E-state index is 0.294. The maximum Gasteiger partial charge on any atom is 0.127 e. The topological polar surface area (TPSA) is 21.3 Å². The summed E-state index contributed by atoms with van der Waals surface area (Å²) in [6.45, 7) is 12.0. The van der Waals surface area contributed by atoms with Crippen molar-refractivity contribution in [2.24, 2.45) is 0 Å². The summed E-state index contributed by atoms with van der Waals surface area (Å²) in [5.41, 5.74) is 4.07. The van der Waals surface area contributed by atoms with Gasteiger partial charge in [0.25, 0.3) is 0 Å². The van der Waals surface area contributed by atoms with Crippen LogP contribution in [0.1, 0.15) is 62.8 Å². The van der Waals surface area contributed by atoms with Crippen LogP contribution < -0.4 is 10.1 Å². The lowest BCUT2D eigenvalue weighted by Gasteiger charge is -2.34. The highest BCUT2D eigenvalue weighted by molar-refractivity contribution is 5.50. The first-order valence-corrected chi connectivity index (χ1v) is 7.08. The van der Waals surface area contributed by atoms with E-state index in [1.807, 2.05) is 0 Å². The molecule has 0 aliphatic carbocycles. The summed E-state index contributed by atoms with van der Waals surface area (Å²) in [6, 6.07) is 4.89. The molecule has 1 aliphatic rings. The van der Waals surface area contributed by atoms with Crippen molar-refractivity contribution in [1.82, 2.24) is 5.32 Å². The first-order chi connectivity index (χ1) is 8.54. The van der Waals surface area contributed by atoms with Gasteiger partial charge in [-0.25, -0.2) is 0 Å². The lowest BCUT2D eigenvalue weighted by atomic mass is 9.86. The van der Waals surface area contributed by atoms with Crippen molar-refractivity contribution in [2.45, 2.75) is 59.1 Å². The number of hydrogen-bond donors (Lipinski definition) is 1. The normalized spacial score (nSPS) is 22.8. The van der Waals surface area contributed by atoms with Gasteiger partial charge in [-0.3, -0.25) is 0 Å². The molecule has 2 atom stereocenters. The van der Waals surface area contributed by atoms with Gasteiger partial charge in [0, 0.05) is 18.0 Å². The molecule has 1 aliphatic heterocycles. The second kappa shape index (κ2) is 5.31. The van der Waals surface area contributed by atoms with Gasteiger partial charge in [-0.15, -0.1) is 0 Å². The Hall–Kier alpha value is -1.02. The highest BCUT2D eigenvalue weighted by Gasteiger charge is 2.29. The van der Waals surface area contributed by atoms with E-state index in [1.165, 1.54) is 16.7 Å². The number of rotatable bonds is 3. The summed E-state index contributed by atoms with van der Waals surface area (Å²) in [4.78, 5) is 0. The van der Waals surface area contributed by atoms with Crippen LogP contribution in [0.2, 0.25) is 0 Å². The molecule has 2 heteroatoms. The molecule has 1 aromatic rings. The van der Waals surface area contributed by atoms with Crippen LogP contribution in [0, 0.1) is 6.92 Å². The summed E-state index contributed by atoms with van der Waals surface area (Å²) < 4.78 is 6.09. The number of benzene rings is 1. The van der Waals surface area contributed by atoms with Gasteiger partial charge in [-0.2, -0.15) is 0 Å². The van der Waals surface area contributed by atoms with Gasteiger partial charge in [-0.1, -0.05) is 32.9 Å². The Morgan fingerprint density at radius 3 is 2.72 bits per heavy atom. The molecule has 0 bridgehead atoms. The zero-order chi connectivity index (χ0) is 13.3. The number of hydrogen-bond acceptors (Lipinski definition) is 2. The van der Waals surface area contributed by atoms with Gasteiger partial charge >= 0.3 is 0 Å². The molecule has 2 unspecified atom stereocenters. The third kappa shape index (κ3) is 2.39. The van der Waals surface area contributed by atoms with E-state index in [9.17, 15) is 0 Å². The molecule has 1 heterocycles. The molecule has 0 saturated heterocycles. The number of aryl methyl sites for hydroxylation is 1. The van der Waals surface area contributed by atoms with E-state index in [2.05, 4.69) is 52.1 Å². The minimum Gasteiger partial charge on any atom is -0.490 e. The van der Waals surface area contributed by atoms with E-state index in [-0.39, 0.29) is 0 Å². The van der Waals surface area contributed by atoms with Crippen LogP contribution in [-0.2, 0) is 0 Å². The SMILES string of the molecule is CCNC1CC(C)Oc2c(C)ccc(C(C)C)c21. The molecule has 18 heavy (non-hydrogen) atoms. The molecule has 2 rings (SSSR count). The van der Waals surface area contributed by atoms with Crippen molar-refractivity contribution in [3.05, 3.63) is 28.8 Å². The van der Waals surface area contributed by atoms with Crippen LogP contribution >= 0.6 is 0 Å². The van der Waals surface area contributed by atoms with Crippen LogP contribution in [0.5, 0.6) is 5.75 Å². The summed E-state index contributed by atoms with van der Waals surface area (Å²) in [5.74, 6) is 1.66. The smallest absolute Gasteiger partial charge is 0.127 e. The molecular weight excluding hydrogens is 222 g/mol. The highest BCUT2D eigenvalue weighted by atomic mass is 16.5. The molecule has 0 fully saturated rings. The fraction of sp³-hybridized carbons (Fsp3) is 0.625. The van der Waals surface area contributed by atoms with Gasteiger partial charge in [0.1, 0.15) is 5.75 Å². The van der Waals surface area contributed by atoms with Crippen molar-refractivity contribution in [3.8, 4) is 5.75 Å². The molecule has 0 spiro atoms. The minimum absolute atomic E-state index is 0.294. The molecule has 100 valence electrons. The third-order valence-corrected chi connectivity index (χ3v) is 3.73. The lowest BCUT2D eigenvalue weighted by molar-refractivity contribution is 0.165. The first-order valence-electron chi connectivity index (χ1n) is 7.08. The zero-order valence-electron chi connectivity index (χ0n) is 12.2. The van der Waals surface area contributed by atoms with Gasteiger partial charge in [0.15, 0.2) is 0 Å². The van der Waals surface area contributed by atoms with Gasteiger partial charge in [0.05, 0.1) is 6.10 Å². The molecule has 1 aromatic carbocycles. The molecule has 0 saturated carbocycles. The zero-order valence-corrected chi connectivity index (χ0v) is 12.2. The van der Waals surface area contributed by atoms with Crippen LogP contribution in [0.25, 0.3) is 0 Å².